The average molecular weight is 518 g/mol. The summed E-state index contributed by atoms with van der Waals surface area (Å²) >= 11 is 1.94. The zero-order chi connectivity index (χ0) is 26.1. The fourth-order valence-electron chi connectivity index (χ4n) is 6.59. The molecule has 0 spiro atoms. The van der Waals surface area contributed by atoms with Gasteiger partial charge in [0, 0.05) is 37.5 Å². The van der Waals surface area contributed by atoms with Crippen molar-refractivity contribution >= 4 is 59.3 Å². The number of rotatable bonds is 3. The van der Waals surface area contributed by atoms with Crippen molar-refractivity contribution in [1.82, 2.24) is 0 Å². The van der Waals surface area contributed by atoms with Gasteiger partial charge >= 0.3 is 0 Å². The molecular formula is C37H27NS. The Morgan fingerprint density at radius 3 is 2.08 bits per heavy atom. The summed E-state index contributed by atoms with van der Waals surface area (Å²) in [5.74, 6) is 0. The Morgan fingerprint density at radius 1 is 0.513 bits per heavy atom. The van der Waals surface area contributed by atoms with Crippen LogP contribution in [0.4, 0.5) is 17.1 Å². The molecule has 0 radical (unpaired) electrons. The largest absolute Gasteiger partial charge is 0.308 e. The highest BCUT2D eigenvalue weighted by molar-refractivity contribution is 7.27. The number of benzene rings is 6. The van der Waals surface area contributed by atoms with Gasteiger partial charge in [0.1, 0.15) is 0 Å². The number of para-hydroxylation sites is 1. The van der Waals surface area contributed by atoms with Crippen LogP contribution in [-0.4, -0.2) is 0 Å². The van der Waals surface area contributed by atoms with Crippen molar-refractivity contribution in [3.8, 4) is 11.1 Å². The third kappa shape index (κ3) is 3.19. The van der Waals surface area contributed by atoms with Crippen LogP contribution in [0.1, 0.15) is 25.0 Å². The van der Waals surface area contributed by atoms with E-state index in [0.717, 1.165) is 5.69 Å². The van der Waals surface area contributed by atoms with E-state index in [2.05, 4.69) is 146 Å². The van der Waals surface area contributed by atoms with Crippen molar-refractivity contribution in [2.45, 2.75) is 19.3 Å². The van der Waals surface area contributed by atoms with Crippen molar-refractivity contribution in [3.63, 3.8) is 0 Å². The lowest BCUT2D eigenvalue weighted by atomic mass is 9.82. The molecule has 0 N–H and O–H groups in total. The van der Waals surface area contributed by atoms with Crippen LogP contribution >= 0.6 is 11.3 Å². The Labute approximate surface area is 232 Å². The molecule has 6 aromatic carbocycles. The standard InChI is InChI=1S/C37H27NS/c1-37(2)30-19-9-8-17-29(30)34-31(37)23-22-28-27-18-11-21-33(35(27)39-36(28)34)38(25-14-4-3-5-15-25)32-20-10-13-24-12-6-7-16-26(24)32/h3-23H,1-2H3. The van der Waals surface area contributed by atoms with E-state index >= 15 is 0 Å². The molecule has 1 aliphatic rings. The lowest BCUT2D eigenvalue weighted by Crippen LogP contribution is -2.14. The van der Waals surface area contributed by atoms with Crippen molar-refractivity contribution in [2.24, 2.45) is 0 Å². The van der Waals surface area contributed by atoms with Crippen molar-refractivity contribution in [1.29, 1.82) is 0 Å². The molecule has 39 heavy (non-hydrogen) atoms. The third-order valence-electron chi connectivity index (χ3n) is 8.45. The van der Waals surface area contributed by atoms with E-state index in [1.807, 2.05) is 11.3 Å². The molecule has 1 aromatic heterocycles. The molecular weight excluding hydrogens is 490 g/mol. The van der Waals surface area contributed by atoms with Gasteiger partial charge in [0.25, 0.3) is 0 Å². The quantitative estimate of drug-likeness (QED) is 0.225. The molecule has 186 valence electrons. The van der Waals surface area contributed by atoms with Crippen LogP contribution in [0, 0.1) is 0 Å². The van der Waals surface area contributed by atoms with Gasteiger partial charge in [-0.25, -0.2) is 0 Å². The van der Waals surface area contributed by atoms with Gasteiger partial charge in [-0.3, -0.25) is 0 Å². The van der Waals surface area contributed by atoms with E-state index in [-0.39, 0.29) is 5.41 Å². The maximum absolute atomic E-state index is 2.44. The molecule has 0 unspecified atom stereocenters. The van der Waals surface area contributed by atoms with E-state index in [1.165, 1.54) is 64.6 Å². The van der Waals surface area contributed by atoms with Gasteiger partial charge in [-0.15, -0.1) is 11.3 Å². The van der Waals surface area contributed by atoms with Gasteiger partial charge in [0.15, 0.2) is 0 Å². The highest BCUT2D eigenvalue weighted by Crippen LogP contribution is 2.55. The van der Waals surface area contributed by atoms with Gasteiger partial charge in [-0.1, -0.05) is 117 Å². The number of thiophene rings is 1. The maximum Gasteiger partial charge on any atom is 0.0640 e. The third-order valence-corrected chi connectivity index (χ3v) is 9.71. The fourth-order valence-corrected chi connectivity index (χ4v) is 7.96. The van der Waals surface area contributed by atoms with Crippen LogP contribution in [0.3, 0.4) is 0 Å². The molecule has 0 fully saturated rings. The topological polar surface area (TPSA) is 3.24 Å². The van der Waals surface area contributed by atoms with Gasteiger partial charge in [-0.2, -0.15) is 0 Å². The summed E-state index contributed by atoms with van der Waals surface area (Å²) in [7, 11) is 0. The Kier molecular flexibility index (Phi) is 4.80. The second-order valence-corrected chi connectivity index (χ2v) is 12.0. The van der Waals surface area contributed by atoms with Crippen LogP contribution in [0.15, 0.2) is 127 Å². The molecule has 0 saturated heterocycles. The van der Waals surface area contributed by atoms with E-state index in [4.69, 9.17) is 0 Å². The van der Waals surface area contributed by atoms with E-state index in [9.17, 15) is 0 Å². The molecule has 1 heterocycles. The SMILES string of the molecule is CC1(C)c2ccccc2-c2c1ccc1c2sc2c(N(c3ccccc3)c3cccc4ccccc34)cccc21. The van der Waals surface area contributed by atoms with E-state index in [0.29, 0.717) is 0 Å². The van der Waals surface area contributed by atoms with Crippen LogP contribution in [0.25, 0.3) is 42.1 Å². The van der Waals surface area contributed by atoms with Gasteiger partial charge in [0.2, 0.25) is 0 Å². The molecule has 7 aromatic rings. The van der Waals surface area contributed by atoms with E-state index < -0.39 is 0 Å². The number of nitrogens with zero attached hydrogens (tertiary/aromatic N) is 1. The molecule has 0 amide bonds. The van der Waals surface area contributed by atoms with Crippen molar-refractivity contribution < 1.29 is 0 Å². The number of anilines is 3. The summed E-state index contributed by atoms with van der Waals surface area (Å²) in [5, 5.41) is 5.15. The first-order chi connectivity index (χ1) is 19.1. The number of hydrogen-bond donors (Lipinski definition) is 0. The highest BCUT2D eigenvalue weighted by Gasteiger charge is 2.36. The second kappa shape index (κ2) is 8.30. The minimum Gasteiger partial charge on any atom is -0.308 e. The summed E-state index contributed by atoms with van der Waals surface area (Å²) in [4.78, 5) is 2.44. The minimum atomic E-state index is -0.00184. The molecule has 1 nitrogen and oxygen atoms in total. The first-order valence-corrected chi connectivity index (χ1v) is 14.4. The minimum absolute atomic E-state index is 0.00184. The second-order valence-electron chi connectivity index (χ2n) is 11.0. The monoisotopic (exact) mass is 517 g/mol. The Bertz CT molecular complexity index is 2040. The zero-order valence-electron chi connectivity index (χ0n) is 22.0. The van der Waals surface area contributed by atoms with Crippen LogP contribution in [0.2, 0.25) is 0 Å². The zero-order valence-corrected chi connectivity index (χ0v) is 22.8. The van der Waals surface area contributed by atoms with Crippen molar-refractivity contribution in [2.75, 3.05) is 4.90 Å². The van der Waals surface area contributed by atoms with E-state index in [1.54, 1.807) is 0 Å². The molecule has 8 rings (SSSR count). The van der Waals surface area contributed by atoms with Gasteiger partial charge < -0.3 is 4.90 Å². The fraction of sp³-hybridized carbons (Fsp3) is 0.0811. The first kappa shape index (κ1) is 22.6. The number of fused-ring (bicyclic) bond motifs is 8. The predicted octanol–water partition coefficient (Wildman–Crippen LogP) is 11.0. The van der Waals surface area contributed by atoms with Crippen LogP contribution in [0.5, 0.6) is 0 Å². The normalized spacial score (nSPS) is 13.6. The highest BCUT2D eigenvalue weighted by atomic mass is 32.1. The summed E-state index contributed by atoms with van der Waals surface area (Å²) in [6.07, 6.45) is 0. The lowest BCUT2D eigenvalue weighted by molar-refractivity contribution is 0.661. The van der Waals surface area contributed by atoms with Gasteiger partial charge in [-0.05, 0) is 46.3 Å². The summed E-state index contributed by atoms with van der Waals surface area (Å²) in [5.41, 5.74) is 9.22. The first-order valence-electron chi connectivity index (χ1n) is 13.5. The molecule has 0 aliphatic heterocycles. The summed E-state index contributed by atoms with van der Waals surface area (Å²) in [6.45, 7) is 4.72. The smallest absolute Gasteiger partial charge is 0.0640 e. The molecule has 0 bridgehead atoms. The molecule has 2 heteroatoms. The Morgan fingerprint density at radius 2 is 1.18 bits per heavy atom. The molecule has 0 atom stereocenters. The summed E-state index contributed by atoms with van der Waals surface area (Å²) in [6, 6.07) is 46.6. The molecule has 0 saturated carbocycles. The van der Waals surface area contributed by atoms with Crippen LogP contribution in [-0.2, 0) is 5.41 Å². The number of hydrogen-bond acceptors (Lipinski definition) is 2. The lowest BCUT2D eigenvalue weighted by Gasteiger charge is -2.27. The Balaban J connectivity index is 1.46. The van der Waals surface area contributed by atoms with Crippen molar-refractivity contribution in [3.05, 3.63) is 139 Å². The maximum atomic E-state index is 2.44. The summed E-state index contributed by atoms with van der Waals surface area (Å²) < 4.78 is 2.71. The van der Waals surface area contributed by atoms with Gasteiger partial charge in [0.05, 0.1) is 16.1 Å². The molecule has 1 aliphatic carbocycles. The van der Waals surface area contributed by atoms with Crippen LogP contribution < -0.4 is 4.90 Å². The predicted molar refractivity (Wildman–Crippen MR) is 169 cm³/mol. The average Bonchev–Trinajstić information content (AvgIpc) is 3.47. The Hall–Kier alpha value is -4.40.